The van der Waals surface area contributed by atoms with Crippen LogP contribution in [0.5, 0.6) is 5.75 Å². The van der Waals surface area contributed by atoms with Crippen LogP contribution in [0.25, 0.3) is 0 Å². The quantitative estimate of drug-likeness (QED) is 0.548. The number of hydrogen-bond acceptors (Lipinski definition) is 5. The van der Waals surface area contributed by atoms with Crippen LogP contribution in [0.2, 0.25) is 0 Å². The first kappa shape index (κ1) is 20.9. The van der Waals surface area contributed by atoms with Gasteiger partial charge in [0.05, 0.1) is 19.8 Å². The van der Waals surface area contributed by atoms with E-state index in [0.29, 0.717) is 24.8 Å². The Morgan fingerprint density at radius 1 is 1.24 bits per heavy atom. The van der Waals surface area contributed by atoms with Crippen molar-refractivity contribution in [2.45, 2.75) is 19.6 Å². The molecule has 1 aliphatic rings. The molecule has 1 aliphatic heterocycles. The van der Waals surface area contributed by atoms with Gasteiger partial charge in [-0.1, -0.05) is 6.07 Å². The van der Waals surface area contributed by atoms with E-state index < -0.39 is 0 Å². The minimum atomic E-state index is -0.278. The smallest absolute Gasteiger partial charge is 0.191 e. The van der Waals surface area contributed by atoms with Crippen LogP contribution < -0.4 is 20.3 Å². The average molecular weight is 401 g/mol. The second kappa shape index (κ2) is 10.6. The van der Waals surface area contributed by atoms with Crippen LogP contribution >= 0.6 is 0 Å². The molecule has 8 heteroatoms. The fourth-order valence-corrected chi connectivity index (χ4v) is 3.06. The van der Waals surface area contributed by atoms with E-state index in [1.165, 1.54) is 12.1 Å². The zero-order valence-electron chi connectivity index (χ0n) is 16.9. The molecule has 0 amide bonds. The van der Waals surface area contributed by atoms with Gasteiger partial charge < -0.3 is 25.0 Å². The lowest BCUT2D eigenvalue weighted by atomic mass is 10.2. The molecule has 0 saturated carbocycles. The van der Waals surface area contributed by atoms with Crippen molar-refractivity contribution >= 4 is 11.8 Å². The Bertz CT molecular complexity index is 794. The fraction of sp³-hybridized carbons (Fsp3) is 0.429. The number of nitrogens with one attached hydrogen (secondary N) is 2. The van der Waals surface area contributed by atoms with Gasteiger partial charge in [-0.05, 0) is 37.3 Å². The molecule has 1 aromatic carbocycles. The minimum Gasteiger partial charge on any atom is -0.489 e. The van der Waals surface area contributed by atoms with E-state index in [9.17, 15) is 4.39 Å². The van der Waals surface area contributed by atoms with E-state index in [4.69, 9.17) is 9.47 Å². The second-order valence-electron chi connectivity index (χ2n) is 6.77. The molecular weight excluding hydrogens is 373 g/mol. The molecule has 3 rings (SSSR count). The number of pyridine rings is 1. The van der Waals surface area contributed by atoms with Gasteiger partial charge in [-0.2, -0.15) is 0 Å². The topological polar surface area (TPSA) is 71.0 Å². The van der Waals surface area contributed by atoms with Crippen LogP contribution in [0, 0.1) is 5.82 Å². The molecule has 29 heavy (non-hydrogen) atoms. The van der Waals surface area contributed by atoms with Crippen LogP contribution in [-0.2, 0) is 11.3 Å². The van der Waals surface area contributed by atoms with Gasteiger partial charge in [-0.3, -0.25) is 4.99 Å². The van der Waals surface area contributed by atoms with Crippen molar-refractivity contribution in [1.29, 1.82) is 0 Å². The maximum atomic E-state index is 13.0. The van der Waals surface area contributed by atoms with Crippen molar-refractivity contribution in [2.75, 3.05) is 44.8 Å². The average Bonchev–Trinajstić information content (AvgIpc) is 2.76. The zero-order valence-corrected chi connectivity index (χ0v) is 16.9. The van der Waals surface area contributed by atoms with Gasteiger partial charge in [0.2, 0.25) is 0 Å². The molecule has 2 aromatic rings. The van der Waals surface area contributed by atoms with Gasteiger partial charge >= 0.3 is 0 Å². The normalized spacial score (nSPS) is 15.7. The molecule has 2 heterocycles. The van der Waals surface area contributed by atoms with Crippen molar-refractivity contribution in [3.63, 3.8) is 0 Å². The molecule has 1 atom stereocenters. The third-order valence-corrected chi connectivity index (χ3v) is 4.56. The van der Waals surface area contributed by atoms with E-state index in [1.807, 2.05) is 19.2 Å². The molecule has 0 spiro atoms. The summed E-state index contributed by atoms with van der Waals surface area (Å²) < 4.78 is 24.2. The summed E-state index contributed by atoms with van der Waals surface area (Å²) >= 11 is 0. The van der Waals surface area contributed by atoms with Crippen molar-refractivity contribution in [3.05, 3.63) is 54.0 Å². The van der Waals surface area contributed by atoms with Gasteiger partial charge in [0.15, 0.2) is 5.96 Å². The monoisotopic (exact) mass is 401 g/mol. The molecule has 156 valence electrons. The third-order valence-electron chi connectivity index (χ3n) is 4.56. The third kappa shape index (κ3) is 6.32. The second-order valence-corrected chi connectivity index (χ2v) is 6.77. The van der Waals surface area contributed by atoms with E-state index in [1.54, 1.807) is 19.2 Å². The van der Waals surface area contributed by atoms with Crippen molar-refractivity contribution in [3.8, 4) is 5.75 Å². The van der Waals surface area contributed by atoms with Gasteiger partial charge in [0, 0.05) is 38.4 Å². The van der Waals surface area contributed by atoms with Crippen molar-refractivity contribution in [2.24, 2.45) is 4.99 Å². The molecule has 1 unspecified atom stereocenters. The Labute approximate surface area is 170 Å². The van der Waals surface area contributed by atoms with E-state index in [2.05, 4.69) is 31.6 Å². The number of aromatic nitrogens is 1. The first-order chi connectivity index (χ1) is 14.2. The lowest BCUT2D eigenvalue weighted by Crippen LogP contribution is -2.42. The summed E-state index contributed by atoms with van der Waals surface area (Å²) in [6.45, 7) is 6.23. The number of anilines is 1. The highest BCUT2D eigenvalue weighted by Crippen LogP contribution is 2.18. The lowest BCUT2D eigenvalue weighted by Gasteiger charge is -2.29. The number of benzene rings is 1. The molecule has 0 radical (unpaired) electrons. The Kier molecular flexibility index (Phi) is 7.63. The van der Waals surface area contributed by atoms with Crippen LogP contribution in [0.4, 0.5) is 10.2 Å². The van der Waals surface area contributed by atoms with Gasteiger partial charge in [0.1, 0.15) is 23.5 Å². The Morgan fingerprint density at radius 3 is 2.72 bits per heavy atom. The van der Waals surface area contributed by atoms with Crippen molar-refractivity contribution < 1.29 is 13.9 Å². The van der Waals surface area contributed by atoms with E-state index in [0.717, 1.165) is 37.7 Å². The molecular formula is C21H28FN5O2. The van der Waals surface area contributed by atoms with Gasteiger partial charge in [-0.25, -0.2) is 9.37 Å². The number of nitrogens with zero attached hydrogens (tertiary/aromatic N) is 3. The highest BCUT2D eigenvalue weighted by molar-refractivity contribution is 5.79. The van der Waals surface area contributed by atoms with Crippen LogP contribution in [0.15, 0.2) is 47.6 Å². The fourth-order valence-electron chi connectivity index (χ4n) is 3.06. The summed E-state index contributed by atoms with van der Waals surface area (Å²) in [4.78, 5) is 11.1. The Morgan fingerprint density at radius 2 is 2.00 bits per heavy atom. The zero-order chi connectivity index (χ0) is 20.5. The number of rotatable bonds is 7. The summed E-state index contributed by atoms with van der Waals surface area (Å²) in [5, 5.41) is 6.58. The SMILES string of the molecule is CN=C(NCc1cccnc1N1CCOCC1)NCC(C)Oc1ccc(F)cc1. The number of halogens is 1. The molecule has 0 aliphatic carbocycles. The molecule has 7 nitrogen and oxygen atoms in total. The van der Waals surface area contributed by atoms with Crippen LogP contribution in [0.1, 0.15) is 12.5 Å². The van der Waals surface area contributed by atoms with E-state index >= 15 is 0 Å². The number of morpholine rings is 1. The highest BCUT2D eigenvalue weighted by atomic mass is 19.1. The summed E-state index contributed by atoms with van der Waals surface area (Å²) in [5.41, 5.74) is 1.10. The minimum absolute atomic E-state index is 0.110. The van der Waals surface area contributed by atoms with Crippen LogP contribution in [0.3, 0.4) is 0 Å². The predicted octanol–water partition coefficient (Wildman–Crippen LogP) is 2.19. The number of hydrogen-bond donors (Lipinski definition) is 2. The summed E-state index contributed by atoms with van der Waals surface area (Å²) in [5.74, 6) is 2.01. The molecule has 1 fully saturated rings. The summed E-state index contributed by atoms with van der Waals surface area (Å²) in [6, 6.07) is 10.0. The van der Waals surface area contributed by atoms with Gasteiger partial charge in [-0.15, -0.1) is 0 Å². The maximum absolute atomic E-state index is 13.0. The standard InChI is InChI=1S/C21H28FN5O2/c1-16(29-19-7-5-18(22)6-8-19)14-25-21(23-2)26-15-17-4-3-9-24-20(17)27-10-12-28-13-11-27/h3-9,16H,10-15H2,1-2H3,(H2,23,25,26). The summed E-state index contributed by atoms with van der Waals surface area (Å²) in [7, 11) is 1.73. The molecule has 1 aromatic heterocycles. The van der Waals surface area contributed by atoms with E-state index in [-0.39, 0.29) is 11.9 Å². The molecule has 1 saturated heterocycles. The first-order valence-corrected chi connectivity index (χ1v) is 9.79. The summed E-state index contributed by atoms with van der Waals surface area (Å²) in [6.07, 6.45) is 1.71. The van der Waals surface area contributed by atoms with Crippen LogP contribution in [-0.4, -0.2) is 56.9 Å². The molecule has 2 N–H and O–H groups in total. The van der Waals surface area contributed by atoms with Gasteiger partial charge in [0.25, 0.3) is 0 Å². The maximum Gasteiger partial charge on any atom is 0.191 e. The first-order valence-electron chi connectivity index (χ1n) is 9.79. The Balaban J connectivity index is 1.50. The number of ether oxygens (including phenoxy) is 2. The van der Waals surface area contributed by atoms with Crippen molar-refractivity contribution in [1.82, 2.24) is 15.6 Å². The largest absolute Gasteiger partial charge is 0.489 e. The highest BCUT2D eigenvalue weighted by Gasteiger charge is 2.16. The lowest BCUT2D eigenvalue weighted by molar-refractivity contribution is 0.122. The number of aliphatic imine (C=N–C) groups is 1. The predicted molar refractivity (Wildman–Crippen MR) is 112 cm³/mol. The molecule has 0 bridgehead atoms. The number of guanidine groups is 1. The Hall–Kier alpha value is -2.87.